The van der Waals surface area contributed by atoms with Crippen LogP contribution in [0.5, 0.6) is 0 Å². The summed E-state index contributed by atoms with van der Waals surface area (Å²) < 4.78 is 28.7. The first-order valence-corrected chi connectivity index (χ1v) is 7.66. The molecule has 0 radical (unpaired) electrons. The van der Waals surface area contributed by atoms with E-state index in [-0.39, 0.29) is 10.5 Å². The van der Waals surface area contributed by atoms with Gasteiger partial charge in [0.25, 0.3) is 0 Å². The number of halogens is 1. The van der Waals surface area contributed by atoms with E-state index in [0.717, 1.165) is 6.26 Å². The first kappa shape index (κ1) is 15.1. The largest absolute Gasteiger partial charge is 0.385 e. The van der Waals surface area contributed by atoms with Gasteiger partial charge >= 0.3 is 10.1 Å². The van der Waals surface area contributed by atoms with Crippen LogP contribution in [0.1, 0.15) is 5.56 Å². The van der Waals surface area contributed by atoms with E-state index >= 15 is 0 Å². The monoisotopic (exact) mass is 319 g/mol. The lowest BCUT2D eigenvalue weighted by molar-refractivity contribution is 0.445. The first-order valence-electron chi connectivity index (χ1n) is 5.87. The lowest BCUT2D eigenvalue weighted by atomic mass is 10.1. The Morgan fingerprint density at radius 1 is 1.10 bits per heavy atom. The van der Waals surface area contributed by atoms with E-state index < -0.39 is 10.1 Å². The Kier molecular flexibility index (Phi) is 4.63. The van der Waals surface area contributed by atoms with E-state index in [9.17, 15) is 8.42 Å². The van der Waals surface area contributed by atoms with Crippen molar-refractivity contribution >= 4 is 27.3 Å². The molecule has 106 valence electrons. The third kappa shape index (κ3) is 3.85. The molecule has 2 rings (SSSR count). The van der Waals surface area contributed by atoms with Gasteiger partial charge in [-0.3, -0.25) is 0 Å². The molecule has 0 saturated carbocycles. The van der Waals surface area contributed by atoms with Crippen LogP contribution < -0.4 is 0 Å². The molecular formula is C15H10ClNO3S. The third-order valence-corrected chi connectivity index (χ3v) is 4.05. The molecular weight excluding hydrogens is 310 g/mol. The number of hydrogen-bond donors (Lipinski definition) is 0. The predicted molar refractivity (Wildman–Crippen MR) is 79.8 cm³/mol. The first-order chi connectivity index (χ1) is 10.0. The van der Waals surface area contributed by atoms with Crippen LogP contribution in [-0.2, 0) is 14.3 Å². The topological polar surface area (TPSA) is 67.2 Å². The lowest BCUT2D eigenvalue weighted by Crippen LogP contribution is -2.02. The van der Waals surface area contributed by atoms with Crippen molar-refractivity contribution in [3.63, 3.8) is 0 Å². The fraction of sp³-hybridized carbons (Fsp3) is 0. The highest BCUT2D eigenvalue weighted by molar-refractivity contribution is 7.86. The Morgan fingerprint density at radius 2 is 1.71 bits per heavy atom. The van der Waals surface area contributed by atoms with Crippen molar-refractivity contribution in [3.05, 3.63) is 71.4 Å². The summed E-state index contributed by atoms with van der Waals surface area (Å²) in [5, 5.41) is 9.61. The number of nitrogens with zero attached hydrogens (tertiary/aromatic N) is 1. The molecule has 2 aromatic carbocycles. The summed E-state index contributed by atoms with van der Waals surface area (Å²) in [6.45, 7) is 0. The van der Waals surface area contributed by atoms with Gasteiger partial charge in [-0.15, -0.1) is 0 Å². The van der Waals surface area contributed by atoms with Crippen molar-refractivity contribution in [2.24, 2.45) is 0 Å². The van der Waals surface area contributed by atoms with Gasteiger partial charge in [-0.2, -0.15) is 13.7 Å². The van der Waals surface area contributed by atoms with E-state index in [1.165, 1.54) is 12.1 Å². The summed E-state index contributed by atoms with van der Waals surface area (Å²) in [6, 6.07) is 16.0. The average molecular weight is 320 g/mol. The molecule has 21 heavy (non-hydrogen) atoms. The van der Waals surface area contributed by atoms with Gasteiger partial charge in [0, 0.05) is 5.02 Å². The second-order valence-corrected chi connectivity index (χ2v) is 6.02. The normalized spacial score (nSPS) is 11.7. The maximum absolute atomic E-state index is 11.9. The van der Waals surface area contributed by atoms with E-state index in [1.54, 1.807) is 42.5 Å². The van der Waals surface area contributed by atoms with Crippen molar-refractivity contribution < 1.29 is 12.6 Å². The summed E-state index contributed by atoms with van der Waals surface area (Å²) in [5.41, 5.74) is 0.608. The zero-order chi connectivity index (χ0) is 15.3. The van der Waals surface area contributed by atoms with Crippen LogP contribution in [-0.4, -0.2) is 8.42 Å². The van der Waals surface area contributed by atoms with E-state index in [2.05, 4.69) is 0 Å². The van der Waals surface area contributed by atoms with Crippen molar-refractivity contribution in [1.82, 2.24) is 0 Å². The Labute approximate surface area is 128 Å². The molecule has 0 atom stereocenters. The Morgan fingerprint density at radius 3 is 2.29 bits per heavy atom. The maximum atomic E-state index is 11.9. The van der Waals surface area contributed by atoms with E-state index in [1.807, 2.05) is 6.07 Å². The molecule has 0 heterocycles. The van der Waals surface area contributed by atoms with Crippen molar-refractivity contribution in [3.8, 4) is 6.07 Å². The van der Waals surface area contributed by atoms with Crippen molar-refractivity contribution in [2.45, 2.75) is 4.90 Å². The minimum atomic E-state index is -3.94. The standard InChI is InChI=1S/C15H10ClNO3S/c16-14-8-6-12(7-9-14)13(10-17)11-20-21(18,19)15-4-2-1-3-5-15/h1-9,11H/b13-11+. The second-order valence-electron chi connectivity index (χ2n) is 4.01. The van der Waals surface area contributed by atoms with Gasteiger partial charge < -0.3 is 4.18 Å². The predicted octanol–water partition coefficient (Wildman–Crippen LogP) is 3.61. The molecule has 0 fully saturated rings. The van der Waals surface area contributed by atoms with E-state index in [4.69, 9.17) is 21.0 Å². The highest BCUT2D eigenvalue weighted by Crippen LogP contribution is 2.19. The van der Waals surface area contributed by atoms with Crippen LogP contribution in [0.25, 0.3) is 5.57 Å². The Hall–Kier alpha value is -2.29. The highest BCUT2D eigenvalue weighted by atomic mass is 35.5. The molecule has 0 aliphatic heterocycles. The minimum Gasteiger partial charge on any atom is -0.385 e. The fourth-order valence-corrected chi connectivity index (χ4v) is 2.49. The second kappa shape index (κ2) is 6.44. The zero-order valence-corrected chi connectivity index (χ0v) is 12.3. The average Bonchev–Trinajstić information content (AvgIpc) is 2.50. The van der Waals surface area contributed by atoms with Gasteiger partial charge in [0.2, 0.25) is 0 Å². The van der Waals surface area contributed by atoms with Crippen LogP contribution in [0.15, 0.2) is 65.8 Å². The molecule has 0 aliphatic carbocycles. The van der Waals surface area contributed by atoms with Crippen molar-refractivity contribution in [1.29, 1.82) is 5.26 Å². The molecule has 0 bridgehead atoms. The van der Waals surface area contributed by atoms with Crippen LogP contribution >= 0.6 is 11.6 Å². The number of rotatable bonds is 4. The van der Waals surface area contributed by atoms with Gasteiger partial charge in [0.05, 0.1) is 5.57 Å². The molecule has 6 heteroatoms. The van der Waals surface area contributed by atoms with Gasteiger partial charge in [-0.1, -0.05) is 41.9 Å². The smallest absolute Gasteiger partial charge is 0.338 e. The Balaban J connectivity index is 2.27. The zero-order valence-electron chi connectivity index (χ0n) is 10.7. The molecule has 0 saturated heterocycles. The molecule has 0 N–H and O–H groups in total. The summed E-state index contributed by atoms with van der Waals surface area (Å²) in [4.78, 5) is 0.0228. The van der Waals surface area contributed by atoms with Gasteiger partial charge in [0.1, 0.15) is 17.2 Å². The van der Waals surface area contributed by atoms with Crippen molar-refractivity contribution in [2.75, 3.05) is 0 Å². The summed E-state index contributed by atoms with van der Waals surface area (Å²) in [7, 11) is -3.94. The summed E-state index contributed by atoms with van der Waals surface area (Å²) in [5.74, 6) is 0. The third-order valence-electron chi connectivity index (χ3n) is 2.60. The number of allylic oxidation sites excluding steroid dienone is 1. The summed E-state index contributed by atoms with van der Waals surface area (Å²) >= 11 is 5.76. The lowest BCUT2D eigenvalue weighted by Gasteiger charge is -2.04. The van der Waals surface area contributed by atoms with Gasteiger partial charge in [-0.25, -0.2) is 0 Å². The molecule has 0 unspecified atom stereocenters. The molecule has 0 aliphatic rings. The number of benzene rings is 2. The quantitative estimate of drug-likeness (QED) is 0.490. The molecule has 2 aromatic rings. The SMILES string of the molecule is N#C/C(=C\OS(=O)(=O)c1ccccc1)c1ccc(Cl)cc1. The van der Waals surface area contributed by atoms with Gasteiger partial charge in [-0.05, 0) is 29.8 Å². The maximum Gasteiger partial charge on any atom is 0.338 e. The molecule has 0 spiro atoms. The fourth-order valence-electron chi connectivity index (χ4n) is 1.54. The minimum absolute atomic E-state index is 0.0228. The molecule has 0 aromatic heterocycles. The number of nitriles is 1. The Bertz CT molecular complexity index is 791. The van der Waals surface area contributed by atoms with Crippen LogP contribution in [0.3, 0.4) is 0 Å². The van der Waals surface area contributed by atoms with E-state index in [0.29, 0.717) is 10.6 Å². The molecule has 0 amide bonds. The summed E-state index contributed by atoms with van der Waals surface area (Å²) in [6.07, 6.45) is 0.922. The van der Waals surface area contributed by atoms with Crippen LogP contribution in [0.2, 0.25) is 5.02 Å². The highest BCUT2D eigenvalue weighted by Gasteiger charge is 2.14. The number of hydrogen-bond acceptors (Lipinski definition) is 4. The van der Waals surface area contributed by atoms with Crippen LogP contribution in [0.4, 0.5) is 0 Å². The van der Waals surface area contributed by atoms with Crippen LogP contribution in [0, 0.1) is 11.3 Å². The molecule has 4 nitrogen and oxygen atoms in total. The van der Waals surface area contributed by atoms with Gasteiger partial charge in [0.15, 0.2) is 0 Å².